The molecule has 0 aromatic heterocycles. The van der Waals surface area contributed by atoms with Gasteiger partial charge in [-0.2, -0.15) is 0 Å². The largest absolute Gasteiger partial charge is 0.508 e. The maximum atomic E-state index is 12.5. The Kier molecular flexibility index (Phi) is 6.68. The second-order valence-electron chi connectivity index (χ2n) is 6.10. The highest BCUT2D eigenvalue weighted by molar-refractivity contribution is 8.18. The third kappa shape index (κ3) is 4.60. The van der Waals surface area contributed by atoms with Gasteiger partial charge < -0.3 is 24.4 Å². The first-order valence-corrected chi connectivity index (χ1v) is 9.88. The number of ether oxygens (including phenoxy) is 3. The van der Waals surface area contributed by atoms with Crippen molar-refractivity contribution in [2.24, 2.45) is 4.99 Å². The molecule has 2 aromatic rings. The van der Waals surface area contributed by atoms with Gasteiger partial charge in [-0.25, -0.2) is 9.79 Å². The highest BCUT2D eigenvalue weighted by Crippen LogP contribution is 2.42. The normalized spacial score (nSPS) is 16.2. The van der Waals surface area contributed by atoms with E-state index in [1.165, 1.54) is 7.11 Å². The first kappa shape index (κ1) is 21.3. The van der Waals surface area contributed by atoms with Crippen molar-refractivity contribution in [2.45, 2.75) is 6.92 Å². The summed E-state index contributed by atoms with van der Waals surface area (Å²) in [5.41, 5.74) is 1.11. The Labute approximate surface area is 178 Å². The minimum atomic E-state index is -0.673. The van der Waals surface area contributed by atoms with E-state index in [9.17, 15) is 15.0 Å². The van der Waals surface area contributed by atoms with Gasteiger partial charge in [0, 0.05) is 6.07 Å². The third-order valence-electron chi connectivity index (χ3n) is 4.15. The summed E-state index contributed by atoms with van der Waals surface area (Å²) in [4.78, 5) is 17.5. The van der Waals surface area contributed by atoms with E-state index in [-0.39, 0.29) is 28.7 Å². The summed E-state index contributed by atoms with van der Waals surface area (Å²) in [6.07, 6.45) is 1.66. The molecule has 0 unspecified atom stereocenters. The van der Waals surface area contributed by atoms with E-state index in [0.29, 0.717) is 27.7 Å². The molecule has 8 heteroatoms. The van der Waals surface area contributed by atoms with E-state index in [1.807, 2.05) is 0 Å². The van der Waals surface area contributed by atoms with Crippen molar-refractivity contribution in [3.8, 4) is 17.2 Å². The first-order valence-electron chi connectivity index (χ1n) is 9.07. The number of methoxy groups -OCH3 is 2. The molecule has 0 spiro atoms. The molecule has 1 heterocycles. The molecular formula is C22H21NO6S. The van der Waals surface area contributed by atoms with E-state index in [0.717, 1.165) is 11.8 Å². The molecule has 0 fully saturated rings. The highest BCUT2D eigenvalue weighted by Gasteiger charge is 2.33. The van der Waals surface area contributed by atoms with Crippen LogP contribution in [0, 0.1) is 0 Å². The van der Waals surface area contributed by atoms with Crippen molar-refractivity contribution in [3.05, 3.63) is 64.3 Å². The number of nitrogens with zero attached hydrogens (tertiary/aromatic N) is 1. The number of aliphatic hydroxyl groups is 1. The number of benzene rings is 2. The Morgan fingerprint density at radius 3 is 2.60 bits per heavy atom. The molecule has 1 aliphatic heterocycles. The molecule has 0 saturated carbocycles. The number of hydrogen-bond acceptors (Lipinski definition) is 8. The van der Waals surface area contributed by atoms with Gasteiger partial charge in [0.1, 0.15) is 39.3 Å². The van der Waals surface area contributed by atoms with Gasteiger partial charge in [-0.3, -0.25) is 0 Å². The number of carbonyl (C=O) groups is 1. The predicted molar refractivity (Wildman–Crippen MR) is 117 cm³/mol. The zero-order chi connectivity index (χ0) is 21.7. The highest BCUT2D eigenvalue weighted by atomic mass is 32.2. The van der Waals surface area contributed by atoms with Crippen LogP contribution in [-0.4, -0.2) is 42.1 Å². The number of carbonyl (C=O) groups excluding carboxylic acids is 1. The van der Waals surface area contributed by atoms with Gasteiger partial charge in [0.2, 0.25) is 0 Å². The van der Waals surface area contributed by atoms with Crippen molar-refractivity contribution in [1.29, 1.82) is 0 Å². The summed E-state index contributed by atoms with van der Waals surface area (Å²) in [5.74, 6) is 0.248. The number of hydrogen-bond donors (Lipinski definition) is 2. The first-order chi connectivity index (χ1) is 14.5. The lowest BCUT2D eigenvalue weighted by Gasteiger charge is -2.08. The van der Waals surface area contributed by atoms with Crippen LogP contribution in [0.25, 0.3) is 6.08 Å². The van der Waals surface area contributed by atoms with Gasteiger partial charge in [0.05, 0.1) is 25.7 Å². The topological polar surface area (TPSA) is 97.6 Å². The number of thioether (sulfide) groups is 1. The zero-order valence-corrected chi connectivity index (χ0v) is 17.5. The second kappa shape index (κ2) is 9.41. The summed E-state index contributed by atoms with van der Waals surface area (Å²) < 4.78 is 15.7. The maximum Gasteiger partial charge on any atom is 0.344 e. The Hall–Kier alpha value is -3.39. The maximum absolute atomic E-state index is 12.5. The fourth-order valence-corrected chi connectivity index (χ4v) is 3.77. The SMILES string of the molecule is CCOC(=O)C1=C(O)C(=Cc2cccc(O)c2)SC1=Nc1ccc(OC)cc1OC. The smallest absolute Gasteiger partial charge is 0.344 e. The molecule has 2 aromatic carbocycles. The van der Waals surface area contributed by atoms with E-state index in [4.69, 9.17) is 14.2 Å². The van der Waals surface area contributed by atoms with Gasteiger partial charge >= 0.3 is 5.97 Å². The van der Waals surface area contributed by atoms with Crippen molar-refractivity contribution >= 4 is 34.5 Å². The average molecular weight is 427 g/mol. The van der Waals surface area contributed by atoms with Gasteiger partial charge in [-0.15, -0.1) is 0 Å². The molecule has 0 saturated heterocycles. The Morgan fingerprint density at radius 1 is 1.13 bits per heavy atom. The minimum absolute atomic E-state index is 0.0221. The molecule has 1 aliphatic rings. The van der Waals surface area contributed by atoms with Crippen LogP contribution in [0.5, 0.6) is 17.2 Å². The van der Waals surface area contributed by atoms with E-state index in [1.54, 1.807) is 62.6 Å². The number of rotatable bonds is 6. The second-order valence-corrected chi connectivity index (χ2v) is 7.14. The molecule has 0 radical (unpaired) electrons. The standard InChI is InChI=1S/C22H21NO6S/c1-4-29-22(26)19-20(25)18(11-13-6-5-7-14(24)10-13)30-21(19)23-16-9-8-15(27-2)12-17(16)28-3/h5-12,24-25H,4H2,1-3H3. The fourth-order valence-electron chi connectivity index (χ4n) is 2.74. The molecule has 2 N–H and O–H groups in total. The minimum Gasteiger partial charge on any atom is -0.508 e. The van der Waals surface area contributed by atoms with Crippen LogP contribution < -0.4 is 9.47 Å². The number of aliphatic hydroxyl groups excluding tert-OH is 1. The Bertz CT molecular complexity index is 1060. The molecule has 30 heavy (non-hydrogen) atoms. The zero-order valence-electron chi connectivity index (χ0n) is 16.7. The van der Waals surface area contributed by atoms with Crippen LogP contribution in [0.4, 0.5) is 5.69 Å². The van der Waals surface area contributed by atoms with Gasteiger partial charge in [0.15, 0.2) is 0 Å². The quantitative estimate of drug-likeness (QED) is 0.650. The summed E-state index contributed by atoms with van der Waals surface area (Å²) in [6, 6.07) is 11.6. The van der Waals surface area contributed by atoms with E-state index >= 15 is 0 Å². The molecule has 156 valence electrons. The van der Waals surface area contributed by atoms with E-state index < -0.39 is 5.97 Å². The Balaban J connectivity index is 2.08. The van der Waals surface area contributed by atoms with Gasteiger partial charge in [-0.1, -0.05) is 23.9 Å². The third-order valence-corrected chi connectivity index (χ3v) is 5.17. The molecular weight excluding hydrogens is 406 g/mol. The number of phenolic OH excluding ortho intramolecular Hbond substituents is 1. The van der Waals surface area contributed by atoms with Crippen LogP contribution in [0.3, 0.4) is 0 Å². The predicted octanol–water partition coefficient (Wildman–Crippen LogP) is 4.60. The van der Waals surface area contributed by atoms with Crippen molar-refractivity contribution in [2.75, 3.05) is 20.8 Å². The van der Waals surface area contributed by atoms with Crippen LogP contribution >= 0.6 is 11.8 Å². The lowest BCUT2D eigenvalue weighted by atomic mass is 10.1. The Morgan fingerprint density at radius 2 is 1.93 bits per heavy atom. The number of phenols is 1. The average Bonchev–Trinajstić information content (AvgIpc) is 3.03. The lowest BCUT2D eigenvalue weighted by molar-refractivity contribution is -0.138. The fraction of sp³-hybridized carbons (Fsp3) is 0.182. The van der Waals surface area contributed by atoms with Crippen LogP contribution in [0.1, 0.15) is 12.5 Å². The summed E-state index contributed by atoms with van der Waals surface area (Å²) >= 11 is 1.12. The molecule has 3 rings (SSSR count). The number of esters is 1. The van der Waals surface area contributed by atoms with Crippen LogP contribution in [0.15, 0.2) is 63.7 Å². The van der Waals surface area contributed by atoms with Gasteiger partial charge in [-0.05, 0) is 42.8 Å². The van der Waals surface area contributed by atoms with Crippen molar-refractivity contribution < 1.29 is 29.2 Å². The summed E-state index contributed by atoms with van der Waals surface area (Å²) in [7, 11) is 3.05. The number of aliphatic imine (C=N–C) groups is 1. The van der Waals surface area contributed by atoms with Crippen molar-refractivity contribution in [3.63, 3.8) is 0 Å². The van der Waals surface area contributed by atoms with Crippen LogP contribution in [-0.2, 0) is 9.53 Å². The molecule has 0 atom stereocenters. The van der Waals surface area contributed by atoms with Gasteiger partial charge in [0.25, 0.3) is 0 Å². The number of aromatic hydroxyl groups is 1. The monoisotopic (exact) mass is 427 g/mol. The molecule has 7 nitrogen and oxygen atoms in total. The van der Waals surface area contributed by atoms with Crippen LogP contribution in [0.2, 0.25) is 0 Å². The van der Waals surface area contributed by atoms with E-state index in [2.05, 4.69) is 4.99 Å². The molecule has 0 amide bonds. The van der Waals surface area contributed by atoms with Crippen molar-refractivity contribution in [1.82, 2.24) is 0 Å². The molecule has 0 aliphatic carbocycles. The molecule has 0 bridgehead atoms. The lowest BCUT2D eigenvalue weighted by Crippen LogP contribution is -2.12. The summed E-state index contributed by atoms with van der Waals surface area (Å²) in [6.45, 7) is 1.84. The summed E-state index contributed by atoms with van der Waals surface area (Å²) in [5, 5.41) is 20.7.